The summed E-state index contributed by atoms with van der Waals surface area (Å²) in [5.74, 6) is 6.94. The fourth-order valence-electron chi connectivity index (χ4n) is 1.29. The average Bonchev–Trinajstić information content (AvgIpc) is 2.16. The van der Waals surface area contributed by atoms with Crippen LogP contribution in [-0.4, -0.2) is 9.97 Å². The van der Waals surface area contributed by atoms with Gasteiger partial charge in [0, 0.05) is 17.9 Å². The van der Waals surface area contributed by atoms with E-state index in [4.69, 9.17) is 5.84 Å². The molecule has 3 N–H and O–H groups in total. The number of nitrogens with two attached hydrogens (primary N) is 1. The number of rotatable bonds is 3. The molecule has 1 aromatic rings. The van der Waals surface area contributed by atoms with Crippen LogP contribution in [0.2, 0.25) is 0 Å². The van der Waals surface area contributed by atoms with E-state index in [0.29, 0.717) is 5.82 Å². The van der Waals surface area contributed by atoms with Crippen LogP contribution in [0, 0.1) is 0 Å². The summed E-state index contributed by atoms with van der Waals surface area (Å²) in [4.78, 5) is 8.84. The summed E-state index contributed by atoms with van der Waals surface area (Å²) in [6.07, 6.45) is 1.93. The van der Waals surface area contributed by atoms with Crippen LogP contribution in [-0.2, 0) is 11.8 Å². The van der Waals surface area contributed by atoms with Gasteiger partial charge >= 0.3 is 0 Å². The molecule has 0 aliphatic heterocycles. The van der Waals surface area contributed by atoms with Crippen LogP contribution in [0.25, 0.3) is 0 Å². The van der Waals surface area contributed by atoms with Crippen molar-refractivity contribution in [3.05, 3.63) is 17.6 Å². The predicted molar refractivity (Wildman–Crippen MR) is 62.5 cm³/mol. The molecule has 0 bridgehead atoms. The van der Waals surface area contributed by atoms with Gasteiger partial charge in [-0.05, 0) is 6.42 Å². The zero-order valence-corrected chi connectivity index (χ0v) is 9.96. The highest BCUT2D eigenvalue weighted by Gasteiger charge is 2.17. The third-order valence-corrected chi connectivity index (χ3v) is 2.16. The number of nitrogens with one attached hydrogen (secondary N) is 1. The Morgan fingerprint density at radius 1 is 1.33 bits per heavy atom. The molecule has 0 aliphatic rings. The summed E-state index contributed by atoms with van der Waals surface area (Å²) in [7, 11) is 0. The van der Waals surface area contributed by atoms with Gasteiger partial charge in [-0.25, -0.2) is 15.8 Å². The van der Waals surface area contributed by atoms with Gasteiger partial charge in [-0.3, -0.25) is 0 Å². The first-order chi connectivity index (χ1) is 6.97. The molecule has 1 rings (SSSR count). The van der Waals surface area contributed by atoms with E-state index in [1.165, 1.54) is 0 Å². The molecule has 15 heavy (non-hydrogen) atoms. The van der Waals surface area contributed by atoms with E-state index in [0.717, 1.165) is 24.4 Å². The van der Waals surface area contributed by atoms with Crippen LogP contribution in [0.15, 0.2) is 6.07 Å². The first-order valence-corrected chi connectivity index (χ1v) is 5.32. The third kappa shape index (κ3) is 3.16. The minimum Gasteiger partial charge on any atom is -0.308 e. The lowest BCUT2D eigenvalue weighted by atomic mass is 9.92. The van der Waals surface area contributed by atoms with Crippen LogP contribution < -0.4 is 11.3 Å². The Hall–Kier alpha value is -1.16. The van der Waals surface area contributed by atoms with Crippen LogP contribution in [0.5, 0.6) is 0 Å². The molecule has 0 aliphatic carbocycles. The number of aromatic nitrogens is 2. The molecule has 0 radical (unpaired) electrons. The van der Waals surface area contributed by atoms with Crippen molar-refractivity contribution in [3.63, 3.8) is 0 Å². The van der Waals surface area contributed by atoms with Crippen LogP contribution >= 0.6 is 0 Å². The van der Waals surface area contributed by atoms with Crippen molar-refractivity contribution in [2.45, 2.75) is 46.0 Å². The van der Waals surface area contributed by atoms with Gasteiger partial charge in [0.05, 0.1) is 5.69 Å². The maximum atomic E-state index is 5.39. The second-order valence-corrected chi connectivity index (χ2v) is 4.70. The van der Waals surface area contributed by atoms with E-state index in [-0.39, 0.29) is 5.41 Å². The van der Waals surface area contributed by atoms with Crippen LogP contribution in [0.4, 0.5) is 5.82 Å². The second-order valence-electron chi connectivity index (χ2n) is 4.70. The Morgan fingerprint density at radius 3 is 2.47 bits per heavy atom. The fraction of sp³-hybridized carbons (Fsp3) is 0.636. The van der Waals surface area contributed by atoms with E-state index in [9.17, 15) is 0 Å². The second kappa shape index (κ2) is 4.57. The number of nitrogen functional groups attached to an aromatic ring is 1. The minimum atomic E-state index is 0.0248. The number of hydrogen-bond acceptors (Lipinski definition) is 4. The summed E-state index contributed by atoms with van der Waals surface area (Å²) >= 11 is 0. The van der Waals surface area contributed by atoms with Crippen molar-refractivity contribution in [2.75, 3.05) is 5.43 Å². The van der Waals surface area contributed by atoms with Gasteiger partial charge in [0.25, 0.3) is 0 Å². The molecule has 1 heterocycles. The summed E-state index contributed by atoms with van der Waals surface area (Å²) in [5, 5.41) is 0. The van der Waals surface area contributed by atoms with E-state index in [1.807, 2.05) is 6.07 Å². The molecule has 0 unspecified atom stereocenters. The van der Waals surface area contributed by atoms with Gasteiger partial charge in [-0.2, -0.15) is 0 Å². The summed E-state index contributed by atoms with van der Waals surface area (Å²) in [5.41, 5.74) is 3.63. The molecule has 0 aromatic carbocycles. The lowest BCUT2D eigenvalue weighted by Crippen LogP contribution is -2.18. The number of anilines is 1. The molecular weight excluding hydrogens is 188 g/mol. The lowest BCUT2D eigenvalue weighted by Gasteiger charge is -2.19. The van der Waals surface area contributed by atoms with Gasteiger partial charge in [0.1, 0.15) is 11.6 Å². The molecule has 0 spiro atoms. The molecule has 84 valence electrons. The smallest absolute Gasteiger partial charge is 0.143 e. The van der Waals surface area contributed by atoms with Gasteiger partial charge in [0.2, 0.25) is 0 Å². The molecule has 0 saturated carbocycles. The highest BCUT2D eigenvalue weighted by Crippen LogP contribution is 2.22. The monoisotopic (exact) mass is 208 g/mol. The first kappa shape index (κ1) is 11.9. The normalized spacial score (nSPS) is 11.5. The molecular formula is C11H20N4. The van der Waals surface area contributed by atoms with Crippen molar-refractivity contribution >= 4 is 5.82 Å². The molecule has 0 saturated heterocycles. The highest BCUT2D eigenvalue weighted by molar-refractivity contribution is 5.36. The largest absolute Gasteiger partial charge is 0.308 e. The minimum absolute atomic E-state index is 0.0248. The van der Waals surface area contributed by atoms with Gasteiger partial charge in [0.15, 0.2) is 0 Å². The van der Waals surface area contributed by atoms with Crippen LogP contribution in [0.1, 0.15) is 45.6 Å². The number of hydrazine groups is 1. The SMILES string of the molecule is CCCc1nc(NN)cc(C(C)(C)C)n1. The van der Waals surface area contributed by atoms with E-state index >= 15 is 0 Å². The van der Waals surface area contributed by atoms with Crippen molar-refractivity contribution in [2.24, 2.45) is 5.84 Å². The van der Waals surface area contributed by atoms with Gasteiger partial charge in [-0.15, -0.1) is 0 Å². The zero-order valence-electron chi connectivity index (χ0n) is 9.96. The number of aryl methyl sites for hydroxylation is 1. The topological polar surface area (TPSA) is 63.8 Å². The summed E-state index contributed by atoms with van der Waals surface area (Å²) in [6.45, 7) is 8.50. The highest BCUT2D eigenvalue weighted by atomic mass is 15.3. The van der Waals surface area contributed by atoms with Crippen molar-refractivity contribution in [1.29, 1.82) is 0 Å². The van der Waals surface area contributed by atoms with Crippen molar-refractivity contribution < 1.29 is 0 Å². The van der Waals surface area contributed by atoms with E-state index in [1.54, 1.807) is 0 Å². The molecule has 4 heteroatoms. The van der Waals surface area contributed by atoms with Crippen LogP contribution in [0.3, 0.4) is 0 Å². The average molecular weight is 208 g/mol. The first-order valence-electron chi connectivity index (χ1n) is 5.32. The molecule has 0 amide bonds. The Kier molecular flexibility index (Phi) is 3.63. The molecule has 1 aromatic heterocycles. The standard InChI is InChI=1S/C11H20N4/c1-5-6-9-13-8(11(2,3)4)7-10(14-9)15-12/h7H,5-6,12H2,1-4H3,(H,13,14,15). The zero-order chi connectivity index (χ0) is 11.5. The van der Waals surface area contributed by atoms with Crippen molar-refractivity contribution in [1.82, 2.24) is 9.97 Å². The Balaban J connectivity index is 3.11. The van der Waals surface area contributed by atoms with Gasteiger partial charge in [-0.1, -0.05) is 27.7 Å². The Bertz CT molecular complexity index is 328. The Morgan fingerprint density at radius 2 is 2.00 bits per heavy atom. The molecule has 0 fully saturated rings. The molecule has 0 atom stereocenters. The third-order valence-electron chi connectivity index (χ3n) is 2.16. The number of hydrogen-bond donors (Lipinski definition) is 2. The molecule has 4 nitrogen and oxygen atoms in total. The number of nitrogens with zero attached hydrogens (tertiary/aromatic N) is 2. The maximum absolute atomic E-state index is 5.39. The predicted octanol–water partition coefficient (Wildman–Crippen LogP) is 2.01. The summed E-state index contributed by atoms with van der Waals surface area (Å²) < 4.78 is 0. The quantitative estimate of drug-likeness (QED) is 0.589. The lowest BCUT2D eigenvalue weighted by molar-refractivity contribution is 0.561. The maximum Gasteiger partial charge on any atom is 0.143 e. The van der Waals surface area contributed by atoms with E-state index in [2.05, 4.69) is 43.1 Å². The van der Waals surface area contributed by atoms with Gasteiger partial charge < -0.3 is 5.43 Å². The van der Waals surface area contributed by atoms with Crippen molar-refractivity contribution in [3.8, 4) is 0 Å². The Labute approximate surface area is 91.3 Å². The summed E-state index contributed by atoms with van der Waals surface area (Å²) in [6, 6.07) is 1.90. The fourth-order valence-corrected chi connectivity index (χ4v) is 1.29. The van der Waals surface area contributed by atoms with E-state index < -0.39 is 0 Å².